The summed E-state index contributed by atoms with van der Waals surface area (Å²) in [5, 5.41) is 7.73. The molecular formula is C14H13N5O. The van der Waals surface area contributed by atoms with Gasteiger partial charge in [0.25, 0.3) is 0 Å². The molecular weight excluding hydrogens is 254 g/mol. The van der Waals surface area contributed by atoms with E-state index in [0.717, 1.165) is 10.9 Å². The van der Waals surface area contributed by atoms with Crippen molar-refractivity contribution in [2.45, 2.75) is 6.54 Å². The summed E-state index contributed by atoms with van der Waals surface area (Å²) in [6, 6.07) is 11.3. The predicted octanol–water partition coefficient (Wildman–Crippen LogP) is 1.65. The van der Waals surface area contributed by atoms with E-state index in [-0.39, 0.29) is 12.5 Å². The molecule has 100 valence electrons. The van der Waals surface area contributed by atoms with Gasteiger partial charge in [-0.25, -0.2) is 0 Å². The number of para-hydroxylation sites is 1. The maximum atomic E-state index is 11.9. The molecule has 0 bridgehead atoms. The lowest BCUT2D eigenvalue weighted by molar-refractivity contribution is -0.116. The zero-order chi connectivity index (χ0) is 13.9. The van der Waals surface area contributed by atoms with Crippen LogP contribution >= 0.6 is 0 Å². The normalized spacial score (nSPS) is 10.6. The lowest BCUT2D eigenvalue weighted by atomic mass is 10.2. The summed E-state index contributed by atoms with van der Waals surface area (Å²) in [5.41, 5.74) is 7.05. The second-order valence-corrected chi connectivity index (χ2v) is 4.40. The molecule has 3 aromatic rings. The predicted molar refractivity (Wildman–Crippen MR) is 77.0 cm³/mol. The van der Waals surface area contributed by atoms with Gasteiger partial charge in [0.1, 0.15) is 12.4 Å². The number of amides is 1. The van der Waals surface area contributed by atoms with E-state index in [1.165, 1.54) is 4.68 Å². The first-order valence-electron chi connectivity index (χ1n) is 6.14. The van der Waals surface area contributed by atoms with Crippen LogP contribution in [0.15, 0.2) is 48.8 Å². The molecule has 0 atom stereocenters. The van der Waals surface area contributed by atoms with Crippen LogP contribution in [0.5, 0.6) is 0 Å². The molecule has 6 heteroatoms. The molecule has 2 heterocycles. The molecule has 0 aliphatic carbocycles. The van der Waals surface area contributed by atoms with Crippen LogP contribution in [-0.2, 0) is 11.3 Å². The number of nitrogens with zero attached hydrogens (tertiary/aromatic N) is 3. The molecule has 6 nitrogen and oxygen atoms in total. The average Bonchev–Trinajstić information content (AvgIpc) is 2.83. The highest BCUT2D eigenvalue weighted by molar-refractivity contribution is 5.92. The monoisotopic (exact) mass is 267 g/mol. The summed E-state index contributed by atoms with van der Waals surface area (Å²) < 4.78 is 1.49. The minimum absolute atomic E-state index is 0.115. The molecule has 0 saturated carbocycles. The number of nitrogens with one attached hydrogen (secondary N) is 1. The van der Waals surface area contributed by atoms with Crippen LogP contribution in [0.1, 0.15) is 0 Å². The largest absolute Gasteiger partial charge is 0.382 e. The second-order valence-electron chi connectivity index (χ2n) is 4.40. The number of carbonyl (C=O) groups excluding carboxylic acids is 1. The number of benzene rings is 1. The zero-order valence-corrected chi connectivity index (χ0v) is 10.7. The molecule has 0 aliphatic rings. The average molecular weight is 267 g/mol. The fraction of sp³-hybridized carbons (Fsp3) is 0.0714. The Morgan fingerprint density at radius 1 is 1.30 bits per heavy atom. The van der Waals surface area contributed by atoms with E-state index in [1.807, 2.05) is 30.3 Å². The Bertz CT molecular complexity index is 765. The minimum atomic E-state index is -0.176. The van der Waals surface area contributed by atoms with Crippen molar-refractivity contribution in [3.63, 3.8) is 0 Å². The van der Waals surface area contributed by atoms with Crippen LogP contribution in [0.25, 0.3) is 10.9 Å². The van der Waals surface area contributed by atoms with Gasteiger partial charge in [0, 0.05) is 11.6 Å². The maximum absolute atomic E-state index is 11.9. The third-order valence-corrected chi connectivity index (χ3v) is 2.84. The summed E-state index contributed by atoms with van der Waals surface area (Å²) in [6.45, 7) is 0.115. The highest BCUT2D eigenvalue weighted by Crippen LogP contribution is 2.15. The van der Waals surface area contributed by atoms with Crippen LogP contribution in [0.2, 0.25) is 0 Å². The van der Waals surface area contributed by atoms with Crippen LogP contribution in [0, 0.1) is 0 Å². The van der Waals surface area contributed by atoms with Crippen molar-refractivity contribution >= 4 is 28.3 Å². The number of hydrogen-bond acceptors (Lipinski definition) is 4. The fourth-order valence-electron chi connectivity index (χ4n) is 1.95. The number of fused-ring (bicyclic) bond motifs is 1. The van der Waals surface area contributed by atoms with Gasteiger partial charge < -0.3 is 11.1 Å². The Morgan fingerprint density at radius 2 is 2.15 bits per heavy atom. The van der Waals surface area contributed by atoms with E-state index < -0.39 is 0 Å². The van der Waals surface area contributed by atoms with Crippen molar-refractivity contribution < 1.29 is 4.79 Å². The van der Waals surface area contributed by atoms with E-state index in [2.05, 4.69) is 15.4 Å². The van der Waals surface area contributed by atoms with Gasteiger partial charge in [-0.05, 0) is 18.2 Å². The first kappa shape index (κ1) is 12.2. The number of pyridine rings is 1. The quantitative estimate of drug-likeness (QED) is 0.755. The van der Waals surface area contributed by atoms with Crippen molar-refractivity contribution in [1.82, 2.24) is 14.8 Å². The van der Waals surface area contributed by atoms with E-state index in [4.69, 9.17) is 5.73 Å². The van der Waals surface area contributed by atoms with E-state index in [1.54, 1.807) is 18.5 Å². The molecule has 1 amide bonds. The zero-order valence-electron chi connectivity index (χ0n) is 10.7. The Hall–Kier alpha value is -2.89. The lowest BCUT2D eigenvalue weighted by Gasteiger charge is -2.06. The van der Waals surface area contributed by atoms with E-state index in [9.17, 15) is 4.79 Å². The molecule has 0 fully saturated rings. The number of carbonyl (C=O) groups is 1. The van der Waals surface area contributed by atoms with Gasteiger partial charge in [-0.1, -0.05) is 18.2 Å². The Morgan fingerprint density at radius 3 is 2.95 bits per heavy atom. The lowest BCUT2D eigenvalue weighted by Crippen LogP contribution is -2.19. The van der Waals surface area contributed by atoms with Crippen molar-refractivity contribution in [3.05, 3.63) is 48.8 Å². The first-order valence-corrected chi connectivity index (χ1v) is 6.14. The third kappa shape index (κ3) is 2.59. The molecule has 0 unspecified atom stereocenters. The van der Waals surface area contributed by atoms with Gasteiger partial charge in [0.05, 0.1) is 17.4 Å². The summed E-state index contributed by atoms with van der Waals surface area (Å²) >= 11 is 0. The number of hydrogen-bond donors (Lipinski definition) is 2. The minimum Gasteiger partial charge on any atom is -0.382 e. The molecule has 2 aromatic heterocycles. The fourth-order valence-corrected chi connectivity index (χ4v) is 1.95. The van der Waals surface area contributed by atoms with Gasteiger partial charge >= 0.3 is 0 Å². The number of anilines is 2. The number of nitrogens with two attached hydrogens (primary N) is 1. The summed E-state index contributed by atoms with van der Waals surface area (Å²) in [4.78, 5) is 16.2. The Kier molecular flexibility index (Phi) is 3.04. The topological polar surface area (TPSA) is 85.8 Å². The molecule has 0 spiro atoms. The molecule has 3 rings (SSSR count). The number of rotatable bonds is 3. The Balaban J connectivity index is 1.73. The van der Waals surface area contributed by atoms with Crippen molar-refractivity contribution in [3.8, 4) is 0 Å². The first-order chi connectivity index (χ1) is 9.70. The second kappa shape index (κ2) is 5.00. The molecule has 0 radical (unpaired) electrons. The van der Waals surface area contributed by atoms with Gasteiger partial charge in [-0.2, -0.15) is 5.10 Å². The smallest absolute Gasteiger partial charge is 0.246 e. The molecule has 0 aliphatic heterocycles. The highest BCUT2D eigenvalue weighted by Gasteiger charge is 2.05. The SMILES string of the molecule is Nc1ccn(CC(=O)Nc2cnc3ccccc3c2)n1. The van der Waals surface area contributed by atoms with Crippen LogP contribution in [0.4, 0.5) is 11.5 Å². The molecule has 0 saturated heterocycles. The van der Waals surface area contributed by atoms with Crippen LogP contribution in [0.3, 0.4) is 0 Å². The van der Waals surface area contributed by atoms with Crippen molar-refractivity contribution in [1.29, 1.82) is 0 Å². The maximum Gasteiger partial charge on any atom is 0.246 e. The van der Waals surface area contributed by atoms with Crippen molar-refractivity contribution in [2.75, 3.05) is 11.1 Å². The van der Waals surface area contributed by atoms with Gasteiger partial charge in [0.15, 0.2) is 0 Å². The van der Waals surface area contributed by atoms with E-state index in [0.29, 0.717) is 11.5 Å². The number of aromatic nitrogens is 3. The summed E-state index contributed by atoms with van der Waals surface area (Å²) in [7, 11) is 0. The molecule has 20 heavy (non-hydrogen) atoms. The summed E-state index contributed by atoms with van der Waals surface area (Å²) in [5.74, 6) is 0.218. The van der Waals surface area contributed by atoms with E-state index >= 15 is 0 Å². The van der Waals surface area contributed by atoms with Crippen LogP contribution < -0.4 is 11.1 Å². The standard InChI is InChI=1S/C14H13N5O/c15-13-5-6-19(18-13)9-14(20)17-11-7-10-3-1-2-4-12(10)16-8-11/h1-8H,9H2,(H2,15,18)(H,17,20). The van der Waals surface area contributed by atoms with Gasteiger partial charge in [-0.15, -0.1) is 0 Å². The summed E-state index contributed by atoms with van der Waals surface area (Å²) in [6.07, 6.45) is 3.30. The molecule has 3 N–H and O–H groups in total. The third-order valence-electron chi connectivity index (χ3n) is 2.84. The molecule has 1 aromatic carbocycles. The van der Waals surface area contributed by atoms with Gasteiger partial charge in [-0.3, -0.25) is 14.5 Å². The van der Waals surface area contributed by atoms with Gasteiger partial charge in [0.2, 0.25) is 5.91 Å². The van der Waals surface area contributed by atoms with Crippen molar-refractivity contribution in [2.24, 2.45) is 0 Å². The Labute approximate surface area is 115 Å². The highest BCUT2D eigenvalue weighted by atomic mass is 16.2. The van der Waals surface area contributed by atoms with Crippen LogP contribution in [-0.4, -0.2) is 20.7 Å². The number of nitrogen functional groups attached to an aromatic ring is 1.